The van der Waals surface area contributed by atoms with Gasteiger partial charge in [-0.05, 0) is 31.2 Å². The minimum Gasteiger partial charge on any atom is -0.391 e. The van der Waals surface area contributed by atoms with E-state index < -0.39 is 0 Å². The van der Waals surface area contributed by atoms with E-state index in [4.69, 9.17) is 5.11 Å². The van der Waals surface area contributed by atoms with Crippen LogP contribution >= 0.6 is 11.3 Å². The molecule has 1 aliphatic heterocycles. The zero-order chi connectivity index (χ0) is 14.9. The number of aryl methyl sites for hydroxylation is 2. The van der Waals surface area contributed by atoms with Crippen LogP contribution in [0.1, 0.15) is 23.3 Å². The summed E-state index contributed by atoms with van der Waals surface area (Å²) in [6.07, 6.45) is 6.73. The summed E-state index contributed by atoms with van der Waals surface area (Å²) < 4.78 is 0. The van der Waals surface area contributed by atoms with Gasteiger partial charge in [0.15, 0.2) is 0 Å². The number of fused-ring (bicyclic) bond motifs is 3. The molecule has 1 fully saturated rings. The first-order chi connectivity index (χ1) is 10.9. The fourth-order valence-corrected chi connectivity index (χ4v) is 4.98. The zero-order valence-corrected chi connectivity index (χ0v) is 13.7. The Labute approximate surface area is 134 Å². The summed E-state index contributed by atoms with van der Waals surface area (Å²) >= 11 is 1.87. The predicted octanol–water partition coefficient (Wildman–Crippen LogP) is 0.267. The van der Waals surface area contributed by atoms with Gasteiger partial charge in [-0.2, -0.15) is 0 Å². The first-order valence-electron chi connectivity index (χ1n) is 8.31. The van der Waals surface area contributed by atoms with Gasteiger partial charge in [-0.25, -0.2) is 9.97 Å². The van der Waals surface area contributed by atoms with E-state index in [1.807, 2.05) is 11.3 Å². The molecule has 5 nitrogen and oxygen atoms in total. The molecule has 1 saturated heterocycles. The Morgan fingerprint density at radius 3 is 2.82 bits per heavy atom. The molecule has 2 aromatic heterocycles. The quantitative estimate of drug-likeness (QED) is 0.853. The van der Waals surface area contributed by atoms with Gasteiger partial charge < -0.3 is 14.9 Å². The fourth-order valence-electron chi connectivity index (χ4n) is 3.76. The molecular weight excluding hydrogens is 296 g/mol. The minimum absolute atomic E-state index is 0.283. The van der Waals surface area contributed by atoms with Crippen LogP contribution in [0.2, 0.25) is 0 Å². The molecule has 22 heavy (non-hydrogen) atoms. The predicted molar refractivity (Wildman–Crippen MR) is 88.9 cm³/mol. The number of aliphatic hydroxyl groups excluding tert-OH is 1. The molecule has 6 heteroatoms. The van der Waals surface area contributed by atoms with Crippen molar-refractivity contribution in [2.75, 3.05) is 44.2 Å². The van der Waals surface area contributed by atoms with Gasteiger partial charge in [-0.15, -0.1) is 11.3 Å². The fraction of sp³-hybridized carbons (Fsp3) is 0.625. The van der Waals surface area contributed by atoms with Crippen molar-refractivity contribution in [3.05, 3.63) is 16.8 Å². The first kappa shape index (κ1) is 14.4. The third-order valence-electron chi connectivity index (χ3n) is 4.97. The molecule has 1 aliphatic carbocycles. The number of nitrogens with one attached hydrogen (secondary N) is 1. The van der Waals surface area contributed by atoms with Crippen LogP contribution in [0.25, 0.3) is 10.2 Å². The van der Waals surface area contributed by atoms with Crippen molar-refractivity contribution < 1.29 is 10.0 Å². The second kappa shape index (κ2) is 6.10. The van der Waals surface area contributed by atoms with Gasteiger partial charge in [0.2, 0.25) is 0 Å². The van der Waals surface area contributed by atoms with Crippen LogP contribution in [0.15, 0.2) is 6.33 Å². The lowest BCUT2D eigenvalue weighted by Gasteiger charge is -2.33. The molecule has 0 radical (unpaired) electrons. The lowest BCUT2D eigenvalue weighted by molar-refractivity contribution is -0.900. The van der Waals surface area contributed by atoms with Crippen molar-refractivity contribution >= 4 is 27.4 Å². The van der Waals surface area contributed by atoms with Crippen molar-refractivity contribution in [3.8, 4) is 0 Å². The number of anilines is 1. The molecular formula is C16H23N4OS+. The summed E-state index contributed by atoms with van der Waals surface area (Å²) in [6.45, 7) is 5.35. The van der Waals surface area contributed by atoms with Crippen molar-refractivity contribution in [1.82, 2.24) is 9.97 Å². The van der Waals surface area contributed by atoms with Gasteiger partial charge in [0.1, 0.15) is 23.5 Å². The van der Waals surface area contributed by atoms with Crippen LogP contribution in [0, 0.1) is 0 Å². The Hall–Kier alpha value is -1.24. The molecule has 2 aliphatic rings. The summed E-state index contributed by atoms with van der Waals surface area (Å²) in [5.74, 6) is 1.15. The summed E-state index contributed by atoms with van der Waals surface area (Å²) in [4.78, 5) is 15.8. The molecule has 118 valence electrons. The molecule has 0 bridgehead atoms. The number of hydrogen-bond acceptors (Lipinski definition) is 5. The molecule has 0 saturated carbocycles. The smallest absolute Gasteiger partial charge is 0.141 e. The van der Waals surface area contributed by atoms with E-state index in [1.165, 1.54) is 51.2 Å². The van der Waals surface area contributed by atoms with Gasteiger partial charge in [0.05, 0.1) is 38.2 Å². The number of piperazine rings is 1. The second-order valence-corrected chi connectivity index (χ2v) is 7.38. The van der Waals surface area contributed by atoms with Crippen molar-refractivity contribution in [3.63, 3.8) is 0 Å². The maximum absolute atomic E-state index is 9.09. The monoisotopic (exact) mass is 319 g/mol. The van der Waals surface area contributed by atoms with Crippen molar-refractivity contribution in [2.45, 2.75) is 25.7 Å². The van der Waals surface area contributed by atoms with Crippen molar-refractivity contribution in [2.24, 2.45) is 0 Å². The third-order valence-corrected chi connectivity index (χ3v) is 6.17. The summed E-state index contributed by atoms with van der Waals surface area (Å²) in [7, 11) is 0. The van der Waals surface area contributed by atoms with Crippen LogP contribution in [0.3, 0.4) is 0 Å². The van der Waals surface area contributed by atoms with Gasteiger partial charge >= 0.3 is 0 Å². The molecule has 0 aromatic carbocycles. The Kier molecular flexibility index (Phi) is 3.98. The van der Waals surface area contributed by atoms with Crippen LogP contribution < -0.4 is 9.80 Å². The largest absolute Gasteiger partial charge is 0.391 e. The maximum Gasteiger partial charge on any atom is 0.141 e. The maximum atomic E-state index is 9.09. The number of aromatic nitrogens is 2. The molecule has 0 atom stereocenters. The van der Waals surface area contributed by atoms with E-state index in [2.05, 4.69) is 14.9 Å². The van der Waals surface area contributed by atoms with Crippen molar-refractivity contribution in [1.29, 1.82) is 0 Å². The molecule has 4 rings (SSSR count). The number of aliphatic hydroxyl groups is 1. The Balaban J connectivity index is 1.66. The summed E-state index contributed by atoms with van der Waals surface area (Å²) in [5.41, 5.74) is 1.52. The zero-order valence-electron chi connectivity index (χ0n) is 12.8. The number of hydrogen-bond donors (Lipinski definition) is 2. The second-order valence-electron chi connectivity index (χ2n) is 6.30. The van der Waals surface area contributed by atoms with Gasteiger partial charge in [-0.3, -0.25) is 0 Å². The number of rotatable bonds is 3. The highest BCUT2D eigenvalue weighted by Gasteiger charge is 2.25. The van der Waals surface area contributed by atoms with E-state index in [9.17, 15) is 0 Å². The molecule has 0 unspecified atom stereocenters. The average molecular weight is 319 g/mol. The average Bonchev–Trinajstić information content (AvgIpc) is 2.94. The number of nitrogens with zero attached hydrogens (tertiary/aromatic N) is 3. The van der Waals surface area contributed by atoms with Gasteiger partial charge in [0.25, 0.3) is 0 Å². The van der Waals surface area contributed by atoms with E-state index in [0.29, 0.717) is 0 Å². The van der Waals surface area contributed by atoms with Crippen LogP contribution in [0.4, 0.5) is 5.82 Å². The van der Waals surface area contributed by atoms with E-state index in [0.717, 1.165) is 38.5 Å². The Bertz CT molecular complexity index is 663. The normalized spacial score (nSPS) is 19.6. The van der Waals surface area contributed by atoms with E-state index in [-0.39, 0.29) is 6.61 Å². The first-order valence-corrected chi connectivity index (χ1v) is 9.13. The van der Waals surface area contributed by atoms with Crippen LogP contribution in [0.5, 0.6) is 0 Å². The molecule has 2 aromatic rings. The minimum atomic E-state index is 0.283. The third kappa shape index (κ3) is 2.49. The highest BCUT2D eigenvalue weighted by molar-refractivity contribution is 7.19. The van der Waals surface area contributed by atoms with Crippen LogP contribution in [-0.2, 0) is 12.8 Å². The lowest BCUT2D eigenvalue weighted by Crippen LogP contribution is -3.15. The van der Waals surface area contributed by atoms with Gasteiger partial charge in [-0.1, -0.05) is 0 Å². The summed E-state index contributed by atoms with van der Waals surface area (Å²) in [6, 6.07) is 0. The standard InChI is InChI=1S/C16H22N4OS/c21-10-9-19-5-7-20(8-6-19)15-14-12-3-1-2-4-13(12)22-16(14)18-11-17-15/h11,21H,1-10H2/p+1. The lowest BCUT2D eigenvalue weighted by atomic mass is 9.97. The molecule has 0 amide bonds. The topological polar surface area (TPSA) is 53.7 Å². The van der Waals surface area contributed by atoms with E-state index >= 15 is 0 Å². The summed E-state index contributed by atoms with van der Waals surface area (Å²) in [5, 5.41) is 10.4. The SMILES string of the molecule is OCC[NH+]1CCN(c2ncnc3sc4c(c23)CCCC4)CC1. The number of thiophene rings is 1. The Morgan fingerprint density at radius 2 is 2.00 bits per heavy atom. The highest BCUT2D eigenvalue weighted by Crippen LogP contribution is 2.39. The molecule has 0 spiro atoms. The van der Waals surface area contributed by atoms with Gasteiger partial charge in [0, 0.05) is 4.88 Å². The molecule has 2 N–H and O–H groups in total. The van der Waals surface area contributed by atoms with Crippen LogP contribution in [-0.4, -0.2) is 54.4 Å². The van der Waals surface area contributed by atoms with E-state index in [1.54, 1.807) is 6.33 Å². The number of quaternary nitrogens is 1. The molecule has 3 heterocycles. The Morgan fingerprint density at radius 1 is 1.18 bits per heavy atom. The highest BCUT2D eigenvalue weighted by atomic mass is 32.1.